The van der Waals surface area contributed by atoms with E-state index in [0.717, 1.165) is 16.9 Å². The second-order valence-electron chi connectivity index (χ2n) is 4.54. The third-order valence-corrected chi connectivity index (χ3v) is 3.05. The Morgan fingerprint density at radius 2 is 2.29 bits per heavy atom. The highest BCUT2D eigenvalue weighted by Gasteiger charge is 2.22. The van der Waals surface area contributed by atoms with Crippen LogP contribution in [0.25, 0.3) is 5.65 Å². The molecule has 0 aliphatic rings. The number of H-pyrrole nitrogens is 1. The lowest BCUT2D eigenvalue weighted by atomic mass is 10.3. The highest BCUT2D eigenvalue weighted by atomic mass is 16.2. The molecule has 104 valence electrons. The Balaban J connectivity index is 1.82. The van der Waals surface area contributed by atoms with E-state index in [4.69, 9.17) is 0 Å². The summed E-state index contributed by atoms with van der Waals surface area (Å²) in [4.78, 5) is 19.4. The fraction of sp³-hybridized carbons (Fsp3) is 0.0667. The maximum Gasteiger partial charge on any atom is 0.315 e. The molecule has 0 aromatic carbocycles. The fourth-order valence-corrected chi connectivity index (χ4v) is 2.12. The lowest BCUT2D eigenvalue weighted by Crippen LogP contribution is -2.32. The zero-order chi connectivity index (χ0) is 14.7. The van der Waals surface area contributed by atoms with E-state index in [-0.39, 0.29) is 5.91 Å². The Hall–Kier alpha value is -3.02. The first-order valence-corrected chi connectivity index (χ1v) is 6.48. The number of nitrogens with one attached hydrogen (secondary N) is 2. The minimum Gasteiger partial charge on any atom is -0.264 e. The summed E-state index contributed by atoms with van der Waals surface area (Å²) in [5, 5.41) is 3.95. The van der Waals surface area contributed by atoms with Gasteiger partial charge in [-0.15, -0.1) is 0 Å². The van der Waals surface area contributed by atoms with Gasteiger partial charge in [0.2, 0.25) is 5.69 Å². The van der Waals surface area contributed by atoms with Gasteiger partial charge in [-0.3, -0.25) is 9.78 Å². The third-order valence-electron chi connectivity index (χ3n) is 3.05. The number of nitrogens with zero attached hydrogens (tertiary/aromatic N) is 3. The Morgan fingerprint density at radius 3 is 3.10 bits per heavy atom. The van der Waals surface area contributed by atoms with Crippen LogP contribution in [0, 0.1) is 6.92 Å². The summed E-state index contributed by atoms with van der Waals surface area (Å²) < 4.78 is 1.80. The summed E-state index contributed by atoms with van der Waals surface area (Å²) in [6.07, 6.45) is 6.74. The van der Waals surface area contributed by atoms with Crippen LogP contribution < -0.4 is 9.83 Å². The van der Waals surface area contributed by atoms with Gasteiger partial charge in [0.05, 0.1) is 12.4 Å². The largest absolute Gasteiger partial charge is 0.315 e. The second-order valence-corrected chi connectivity index (χ2v) is 4.54. The normalized spacial score (nSPS) is 11.1. The lowest BCUT2D eigenvalue weighted by molar-refractivity contribution is -0.513. The summed E-state index contributed by atoms with van der Waals surface area (Å²) >= 11 is 0. The van der Waals surface area contributed by atoms with Gasteiger partial charge in [-0.25, -0.2) is 10.4 Å². The number of fused-ring (bicyclic) bond motifs is 1. The van der Waals surface area contributed by atoms with Gasteiger partial charge < -0.3 is 0 Å². The third kappa shape index (κ3) is 2.64. The molecule has 2 N–H and O–H groups in total. The monoisotopic (exact) mass is 280 g/mol. The highest BCUT2D eigenvalue weighted by molar-refractivity contribution is 5.93. The molecule has 3 heterocycles. The van der Waals surface area contributed by atoms with E-state index in [0.29, 0.717) is 5.69 Å². The molecule has 0 aliphatic carbocycles. The molecule has 0 atom stereocenters. The lowest BCUT2D eigenvalue weighted by Gasteiger charge is -1.96. The van der Waals surface area contributed by atoms with Gasteiger partial charge in [-0.2, -0.15) is 9.50 Å². The van der Waals surface area contributed by atoms with E-state index < -0.39 is 0 Å². The molecular formula is C15H14N5O+. The molecular weight excluding hydrogens is 266 g/mol. The number of hydrogen-bond acceptors (Lipinski definition) is 3. The van der Waals surface area contributed by atoms with Crippen LogP contribution in [0.5, 0.6) is 0 Å². The first-order chi connectivity index (χ1) is 10.3. The van der Waals surface area contributed by atoms with Gasteiger partial charge in [0.1, 0.15) is 0 Å². The van der Waals surface area contributed by atoms with Gasteiger partial charge in [0.15, 0.2) is 5.69 Å². The first kappa shape index (κ1) is 13.0. The molecule has 0 spiro atoms. The number of carbonyl (C=O) groups excluding carboxylic acids is 1. The van der Waals surface area contributed by atoms with Gasteiger partial charge in [-0.1, -0.05) is 12.1 Å². The zero-order valence-corrected chi connectivity index (χ0v) is 11.4. The van der Waals surface area contributed by atoms with Crippen LogP contribution in [-0.2, 0) is 0 Å². The molecule has 0 fully saturated rings. The van der Waals surface area contributed by atoms with E-state index in [2.05, 4.69) is 20.5 Å². The average Bonchev–Trinajstić information content (AvgIpc) is 2.84. The number of carbonyl (C=O) groups is 1. The summed E-state index contributed by atoms with van der Waals surface area (Å²) in [6.45, 7) is 1.85. The van der Waals surface area contributed by atoms with E-state index in [1.54, 1.807) is 23.0 Å². The molecule has 1 amide bonds. The van der Waals surface area contributed by atoms with Crippen molar-refractivity contribution in [3.8, 4) is 0 Å². The van der Waals surface area contributed by atoms with Gasteiger partial charge in [0, 0.05) is 30.9 Å². The number of hydrogen-bond donors (Lipinski definition) is 2. The predicted octanol–water partition coefficient (Wildman–Crippen LogP) is 1.22. The molecule has 21 heavy (non-hydrogen) atoms. The standard InChI is InChI=1S/C15H13N5O/c1-11-14(20-8-3-2-6-13(20)18-11)15(21)19-17-10-12-5-4-7-16-9-12/h2-10H,1H3,(H,19,21)/p+1. The van der Waals surface area contributed by atoms with Crippen molar-refractivity contribution in [1.29, 1.82) is 0 Å². The molecule has 6 heteroatoms. The molecule has 3 rings (SSSR count). The molecule has 3 aromatic heterocycles. The summed E-state index contributed by atoms with van der Waals surface area (Å²) in [5.74, 6) is -0.268. The number of rotatable bonds is 3. The van der Waals surface area contributed by atoms with Crippen LogP contribution in [0.1, 0.15) is 21.7 Å². The van der Waals surface area contributed by atoms with Crippen molar-refractivity contribution in [2.24, 2.45) is 5.10 Å². The molecule has 3 aromatic rings. The van der Waals surface area contributed by atoms with Crippen LogP contribution in [0.3, 0.4) is 0 Å². The average molecular weight is 280 g/mol. The van der Waals surface area contributed by atoms with E-state index in [9.17, 15) is 4.79 Å². The van der Waals surface area contributed by atoms with Crippen LogP contribution in [0.15, 0.2) is 54.0 Å². The Kier molecular flexibility index (Phi) is 3.42. The number of amides is 1. The second kappa shape index (κ2) is 5.54. The molecule has 0 saturated carbocycles. The van der Waals surface area contributed by atoms with E-state index >= 15 is 0 Å². The van der Waals surface area contributed by atoms with Gasteiger partial charge in [-0.05, 0) is 12.1 Å². The van der Waals surface area contributed by atoms with Crippen molar-refractivity contribution in [2.75, 3.05) is 0 Å². The summed E-state index contributed by atoms with van der Waals surface area (Å²) in [6, 6.07) is 9.35. The summed E-state index contributed by atoms with van der Waals surface area (Å²) in [7, 11) is 0. The smallest absolute Gasteiger partial charge is 0.264 e. The van der Waals surface area contributed by atoms with Crippen molar-refractivity contribution in [2.45, 2.75) is 6.92 Å². The van der Waals surface area contributed by atoms with Gasteiger partial charge >= 0.3 is 5.91 Å². The van der Waals surface area contributed by atoms with Crippen LogP contribution in [0.4, 0.5) is 0 Å². The maximum absolute atomic E-state index is 12.2. The van der Waals surface area contributed by atoms with E-state index in [1.165, 1.54) is 0 Å². The molecule has 0 saturated heterocycles. The number of aromatic nitrogens is 3. The number of imidazole rings is 1. The number of pyridine rings is 2. The summed E-state index contributed by atoms with van der Waals surface area (Å²) in [5.41, 5.74) is 5.53. The Morgan fingerprint density at radius 1 is 1.38 bits per heavy atom. The molecule has 0 radical (unpaired) electrons. The SMILES string of the molecule is Cc1[nH]c2cccc[n+]2c1C(=O)NN=Cc1cccnc1. The van der Waals surface area contributed by atoms with Crippen LogP contribution >= 0.6 is 0 Å². The Bertz CT molecular complexity index is 807. The zero-order valence-electron chi connectivity index (χ0n) is 11.4. The topological polar surface area (TPSA) is 74.2 Å². The van der Waals surface area contributed by atoms with Crippen molar-refractivity contribution in [3.05, 3.63) is 65.9 Å². The van der Waals surface area contributed by atoms with Crippen LogP contribution in [-0.4, -0.2) is 22.1 Å². The van der Waals surface area contributed by atoms with Crippen molar-refractivity contribution in [1.82, 2.24) is 15.4 Å². The van der Waals surface area contributed by atoms with Gasteiger partial charge in [0.25, 0.3) is 5.65 Å². The number of hydrazone groups is 1. The molecule has 6 nitrogen and oxygen atoms in total. The predicted molar refractivity (Wildman–Crippen MR) is 78.0 cm³/mol. The minimum atomic E-state index is -0.268. The van der Waals surface area contributed by atoms with E-state index in [1.807, 2.05) is 43.5 Å². The molecule has 0 unspecified atom stereocenters. The van der Waals surface area contributed by atoms with Crippen molar-refractivity contribution < 1.29 is 9.20 Å². The fourth-order valence-electron chi connectivity index (χ4n) is 2.12. The first-order valence-electron chi connectivity index (χ1n) is 6.48. The Labute approximate surface area is 121 Å². The molecule has 0 bridgehead atoms. The number of aryl methyl sites for hydroxylation is 1. The quantitative estimate of drug-likeness (QED) is 0.430. The molecule has 0 aliphatic heterocycles. The van der Waals surface area contributed by atoms with Crippen molar-refractivity contribution in [3.63, 3.8) is 0 Å². The highest BCUT2D eigenvalue weighted by Crippen LogP contribution is 2.04. The van der Waals surface area contributed by atoms with Crippen LogP contribution in [0.2, 0.25) is 0 Å². The maximum atomic E-state index is 12.2. The van der Waals surface area contributed by atoms with Crippen molar-refractivity contribution >= 4 is 17.8 Å². The minimum absolute atomic E-state index is 0.268. The number of aromatic amines is 1.